The van der Waals surface area contributed by atoms with Gasteiger partial charge < -0.3 is 5.32 Å². The number of benzene rings is 2. The largest absolute Gasteiger partial charge is 0.313 e. The van der Waals surface area contributed by atoms with Gasteiger partial charge in [-0.05, 0) is 54.7 Å². The zero-order valence-corrected chi connectivity index (χ0v) is 23.7. The molecule has 1 saturated heterocycles. The Morgan fingerprint density at radius 3 is 2.27 bits per heavy atom. The second-order valence-corrected chi connectivity index (χ2v) is 12.9. The first-order valence-electron chi connectivity index (χ1n) is 13.1. The molecule has 3 aromatic rings. The zero-order chi connectivity index (χ0) is 28.3. The lowest BCUT2D eigenvalue weighted by molar-refractivity contribution is -0.119. The topological polar surface area (TPSA) is 128 Å². The molecule has 0 atom stereocenters. The summed E-state index contributed by atoms with van der Waals surface area (Å²) in [6.45, 7) is 4.41. The minimum Gasteiger partial charge on any atom is -0.313 e. The molecule has 2 aromatic carbocycles. The molecule has 3 N–H and O–H groups in total. The van der Waals surface area contributed by atoms with E-state index in [0.29, 0.717) is 36.6 Å². The fourth-order valence-electron chi connectivity index (χ4n) is 5.00. The summed E-state index contributed by atoms with van der Waals surface area (Å²) in [4.78, 5) is 41.1. The Labute approximate surface area is 237 Å². The smallest absolute Gasteiger partial charge is 0.272 e. The van der Waals surface area contributed by atoms with E-state index in [0.717, 1.165) is 36.4 Å². The Hall–Kier alpha value is -3.58. The lowest BCUT2D eigenvalue weighted by Crippen LogP contribution is -2.41. The number of rotatable bonds is 7. The molecule has 40 heavy (non-hydrogen) atoms. The lowest BCUT2D eigenvalue weighted by Gasteiger charge is -2.27. The monoisotopic (exact) mass is 581 g/mol. The summed E-state index contributed by atoms with van der Waals surface area (Å²) >= 11 is 1.34. The Morgan fingerprint density at radius 1 is 0.900 bits per heavy atom. The van der Waals surface area contributed by atoms with Crippen LogP contribution in [0.15, 0.2) is 59.5 Å². The molecule has 12 heteroatoms. The van der Waals surface area contributed by atoms with Crippen LogP contribution in [0.4, 0.5) is 5.00 Å². The summed E-state index contributed by atoms with van der Waals surface area (Å²) in [6, 6.07) is 16.0. The molecular weight excluding hydrogens is 550 g/mol. The Kier molecular flexibility index (Phi) is 8.31. The van der Waals surface area contributed by atoms with Crippen molar-refractivity contribution in [2.24, 2.45) is 0 Å². The number of hydrogen-bond donors (Lipinski definition) is 3. The summed E-state index contributed by atoms with van der Waals surface area (Å²) in [5.41, 5.74) is 7.38. The van der Waals surface area contributed by atoms with Crippen molar-refractivity contribution in [3.05, 3.63) is 81.7 Å². The highest BCUT2D eigenvalue weighted by Crippen LogP contribution is 2.38. The highest BCUT2D eigenvalue weighted by atomic mass is 32.2. The summed E-state index contributed by atoms with van der Waals surface area (Å²) in [5, 5.41) is 3.24. The van der Waals surface area contributed by atoms with Crippen LogP contribution in [0, 0.1) is 0 Å². The van der Waals surface area contributed by atoms with Crippen molar-refractivity contribution in [3.63, 3.8) is 0 Å². The average Bonchev–Trinajstić information content (AvgIpc) is 3.61. The molecule has 5 rings (SSSR count). The van der Waals surface area contributed by atoms with Gasteiger partial charge in [0.2, 0.25) is 15.9 Å². The molecule has 10 nitrogen and oxygen atoms in total. The number of hydrazine groups is 1. The Morgan fingerprint density at radius 2 is 1.60 bits per heavy atom. The minimum atomic E-state index is -3.59. The van der Waals surface area contributed by atoms with Crippen molar-refractivity contribution >= 4 is 44.1 Å². The number of anilines is 1. The second kappa shape index (κ2) is 11.9. The molecule has 0 saturated carbocycles. The normalized spacial score (nSPS) is 15.8. The minimum absolute atomic E-state index is 0.145. The van der Waals surface area contributed by atoms with E-state index in [9.17, 15) is 22.8 Å². The van der Waals surface area contributed by atoms with Crippen molar-refractivity contribution in [1.29, 1.82) is 0 Å². The van der Waals surface area contributed by atoms with E-state index in [1.807, 2.05) is 18.2 Å². The summed E-state index contributed by atoms with van der Waals surface area (Å²) in [5.74, 6) is -1.38. The maximum absolute atomic E-state index is 13.2. The van der Waals surface area contributed by atoms with E-state index < -0.39 is 27.7 Å². The van der Waals surface area contributed by atoms with Gasteiger partial charge in [0, 0.05) is 50.1 Å². The van der Waals surface area contributed by atoms with E-state index in [4.69, 9.17) is 0 Å². The third kappa shape index (κ3) is 6.09. The van der Waals surface area contributed by atoms with Crippen LogP contribution < -0.4 is 16.2 Å². The molecule has 0 aliphatic carbocycles. The van der Waals surface area contributed by atoms with Gasteiger partial charge >= 0.3 is 0 Å². The summed E-state index contributed by atoms with van der Waals surface area (Å²) in [7, 11) is -3.59. The van der Waals surface area contributed by atoms with Crippen molar-refractivity contribution in [2.45, 2.75) is 44.2 Å². The molecule has 2 aliphatic rings. The standard InChI is InChI=1S/C28H31N5O5S2/c1-19(34)30-31-27(36)25-23-13-16-32(17-20-7-3-2-4-8-20)18-24(23)39-28(25)29-26(35)21-9-11-22(12-10-21)40(37,38)33-14-5-6-15-33/h2-4,7-12H,5-6,13-18H2,1H3,(H,29,35)(H,30,34)(H,31,36). The van der Waals surface area contributed by atoms with Crippen molar-refractivity contribution in [2.75, 3.05) is 25.0 Å². The van der Waals surface area contributed by atoms with Crippen LogP contribution in [0.3, 0.4) is 0 Å². The van der Waals surface area contributed by atoms with Crippen LogP contribution >= 0.6 is 11.3 Å². The Bertz CT molecular complexity index is 1510. The van der Waals surface area contributed by atoms with Crippen LogP contribution in [0.5, 0.6) is 0 Å². The number of fused-ring (bicyclic) bond motifs is 1. The highest BCUT2D eigenvalue weighted by Gasteiger charge is 2.30. The van der Waals surface area contributed by atoms with Crippen LogP contribution in [-0.2, 0) is 34.3 Å². The number of thiophene rings is 1. The SMILES string of the molecule is CC(=O)NNC(=O)c1c(NC(=O)c2ccc(S(=O)(=O)N3CCCC3)cc2)sc2c1CCN(Cc1ccccc1)C2. The van der Waals surface area contributed by atoms with Gasteiger partial charge in [0.1, 0.15) is 5.00 Å². The number of nitrogens with zero attached hydrogens (tertiary/aromatic N) is 2. The second-order valence-electron chi connectivity index (χ2n) is 9.88. The molecule has 0 bridgehead atoms. The quantitative estimate of drug-likeness (QED) is 0.368. The molecule has 1 fully saturated rings. The molecular formula is C28H31N5O5S2. The van der Waals surface area contributed by atoms with E-state index in [-0.39, 0.29) is 10.5 Å². The average molecular weight is 582 g/mol. The van der Waals surface area contributed by atoms with E-state index >= 15 is 0 Å². The third-order valence-electron chi connectivity index (χ3n) is 7.01. The fourth-order valence-corrected chi connectivity index (χ4v) is 7.80. The molecule has 1 aromatic heterocycles. The van der Waals surface area contributed by atoms with E-state index in [1.165, 1.54) is 52.4 Å². The maximum Gasteiger partial charge on any atom is 0.272 e. The number of hydrogen-bond acceptors (Lipinski definition) is 7. The van der Waals surface area contributed by atoms with Crippen LogP contribution in [0.2, 0.25) is 0 Å². The number of nitrogens with one attached hydrogen (secondary N) is 3. The zero-order valence-electron chi connectivity index (χ0n) is 22.1. The molecule has 2 aliphatic heterocycles. The van der Waals surface area contributed by atoms with Gasteiger partial charge in [-0.25, -0.2) is 8.42 Å². The first kappa shape index (κ1) is 28.0. The fraction of sp³-hybridized carbons (Fsp3) is 0.321. The molecule has 0 spiro atoms. The van der Waals surface area contributed by atoms with Crippen LogP contribution in [-0.4, -0.2) is 55.0 Å². The Balaban J connectivity index is 1.37. The van der Waals surface area contributed by atoms with Gasteiger partial charge in [0.25, 0.3) is 11.8 Å². The molecule has 0 radical (unpaired) electrons. The van der Waals surface area contributed by atoms with Crippen LogP contribution in [0.1, 0.15) is 56.5 Å². The van der Waals surface area contributed by atoms with Crippen molar-refractivity contribution < 1.29 is 22.8 Å². The lowest BCUT2D eigenvalue weighted by atomic mass is 10.0. The number of sulfonamides is 1. The summed E-state index contributed by atoms with van der Waals surface area (Å²) in [6.07, 6.45) is 2.29. The summed E-state index contributed by atoms with van der Waals surface area (Å²) < 4.78 is 27.1. The highest BCUT2D eigenvalue weighted by molar-refractivity contribution is 7.89. The molecule has 3 heterocycles. The third-order valence-corrected chi connectivity index (χ3v) is 10.1. The number of carbonyl (C=O) groups is 3. The predicted molar refractivity (Wildman–Crippen MR) is 152 cm³/mol. The van der Waals surface area contributed by atoms with Crippen molar-refractivity contribution in [3.8, 4) is 0 Å². The predicted octanol–water partition coefficient (Wildman–Crippen LogP) is 3.12. The van der Waals surface area contributed by atoms with Crippen molar-refractivity contribution in [1.82, 2.24) is 20.1 Å². The number of amides is 3. The van der Waals surface area contributed by atoms with Gasteiger partial charge in [-0.2, -0.15) is 4.31 Å². The molecule has 3 amide bonds. The first-order chi connectivity index (χ1) is 19.2. The first-order valence-corrected chi connectivity index (χ1v) is 15.4. The maximum atomic E-state index is 13.2. The van der Waals surface area contributed by atoms with Crippen LogP contribution in [0.25, 0.3) is 0 Å². The van der Waals surface area contributed by atoms with Gasteiger partial charge in [-0.3, -0.25) is 30.1 Å². The molecule has 210 valence electrons. The van der Waals surface area contributed by atoms with Gasteiger partial charge in [-0.1, -0.05) is 30.3 Å². The van der Waals surface area contributed by atoms with Gasteiger partial charge in [-0.15, -0.1) is 11.3 Å². The molecule has 0 unspecified atom stereocenters. The van der Waals surface area contributed by atoms with E-state index in [2.05, 4.69) is 33.2 Å². The van der Waals surface area contributed by atoms with Gasteiger partial charge in [0.05, 0.1) is 10.5 Å². The number of carbonyl (C=O) groups excluding carboxylic acids is 3. The van der Waals surface area contributed by atoms with E-state index in [1.54, 1.807) is 0 Å². The van der Waals surface area contributed by atoms with Gasteiger partial charge in [0.15, 0.2) is 0 Å².